The van der Waals surface area contributed by atoms with Gasteiger partial charge in [0.1, 0.15) is 17.1 Å². The Bertz CT molecular complexity index is 1340. The average Bonchev–Trinajstić information content (AvgIpc) is 2.85. The van der Waals surface area contributed by atoms with E-state index in [-0.39, 0.29) is 34.9 Å². The van der Waals surface area contributed by atoms with E-state index >= 15 is 0 Å². The molecule has 2 aromatic rings. The minimum absolute atomic E-state index is 0.0379. The van der Waals surface area contributed by atoms with Crippen molar-refractivity contribution in [2.24, 2.45) is 0 Å². The fourth-order valence-electron chi connectivity index (χ4n) is 3.91. The molecule has 2 N–H and O–H groups in total. The number of nitrogens with zero attached hydrogens (tertiary/aromatic N) is 3. The third-order valence-electron chi connectivity index (χ3n) is 5.61. The maximum absolute atomic E-state index is 12.8. The van der Waals surface area contributed by atoms with Crippen LogP contribution in [0.4, 0.5) is 11.4 Å². The number of nitro groups is 2. The first-order valence-corrected chi connectivity index (χ1v) is 11.6. The predicted octanol–water partition coefficient (Wildman–Crippen LogP) is 2.50. The number of fused-ring (bicyclic) bond motifs is 1. The van der Waals surface area contributed by atoms with Crippen molar-refractivity contribution in [3.05, 3.63) is 97.2 Å². The Labute approximate surface area is 207 Å². The molecule has 184 valence electrons. The molecule has 0 saturated carbocycles. The Hall–Kier alpha value is -4.52. The lowest BCUT2D eigenvalue weighted by Gasteiger charge is -2.49. The first-order chi connectivity index (χ1) is 17.2. The molecule has 1 saturated heterocycles. The molecule has 1 fully saturated rings. The van der Waals surface area contributed by atoms with Crippen LogP contribution in [0, 0.1) is 20.2 Å². The van der Waals surface area contributed by atoms with Crippen LogP contribution < -0.4 is 5.32 Å². The van der Waals surface area contributed by atoms with E-state index in [0.717, 1.165) is 22.6 Å². The number of aliphatic carboxylic acids is 1. The molecule has 0 aliphatic carbocycles. The highest BCUT2D eigenvalue weighted by molar-refractivity contribution is 8.00. The molecule has 4 rings (SSSR count). The fourth-order valence-corrected chi connectivity index (χ4v) is 5.23. The molecule has 2 aromatic carbocycles. The molecule has 2 heterocycles. The summed E-state index contributed by atoms with van der Waals surface area (Å²) in [4.78, 5) is 59.0. The van der Waals surface area contributed by atoms with E-state index in [4.69, 9.17) is 0 Å². The molecule has 0 unspecified atom stereocenters. The van der Waals surface area contributed by atoms with E-state index in [9.17, 15) is 39.7 Å². The number of carbonyl (C=O) groups is 3. The van der Waals surface area contributed by atoms with Crippen LogP contribution in [0.2, 0.25) is 0 Å². The van der Waals surface area contributed by atoms with Gasteiger partial charge in [-0.15, -0.1) is 11.8 Å². The van der Waals surface area contributed by atoms with Gasteiger partial charge in [0.15, 0.2) is 0 Å². The third-order valence-corrected chi connectivity index (χ3v) is 6.91. The summed E-state index contributed by atoms with van der Waals surface area (Å²) in [5, 5.41) is 34.1. The number of carboxylic acid groups (broad SMARTS) is 1. The number of thioether (sulfide) groups is 1. The van der Waals surface area contributed by atoms with Crippen LogP contribution in [0.15, 0.2) is 65.9 Å². The van der Waals surface area contributed by atoms with Gasteiger partial charge in [-0.1, -0.05) is 36.4 Å². The third kappa shape index (κ3) is 4.81. The zero-order valence-corrected chi connectivity index (χ0v) is 19.2. The molecule has 12 nitrogen and oxygen atoms in total. The van der Waals surface area contributed by atoms with E-state index in [1.54, 1.807) is 24.3 Å². The molecule has 2 aliphatic rings. The monoisotopic (exact) mass is 510 g/mol. The second-order valence-electron chi connectivity index (χ2n) is 7.89. The molecule has 2 aliphatic heterocycles. The first-order valence-electron chi connectivity index (χ1n) is 10.5. The second-order valence-corrected chi connectivity index (χ2v) is 8.99. The number of carbonyl (C=O) groups excluding carboxylic acids is 2. The normalized spacial score (nSPS) is 19.0. The van der Waals surface area contributed by atoms with Crippen LogP contribution in [0.3, 0.4) is 0 Å². The molecular weight excluding hydrogens is 492 g/mol. The van der Waals surface area contributed by atoms with Crippen molar-refractivity contribution in [2.75, 3.05) is 5.75 Å². The summed E-state index contributed by atoms with van der Waals surface area (Å²) in [7, 11) is 0. The van der Waals surface area contributed by atoms with Crippen molar-refractivity contribution in [3.8, 4) is 0 Å². The number of nitro benzene ring substituents is 2. The van der Waals surface area contributed by atoms with Gasteiger partial charge in [0.2, 0.25) is 5.91 Å². The van der Waals surface area contributed by atoms with E-state index in [1.165, 1.54) is 30.0 Å². The highest BCUT2D eigenvalue weighted by Crippen LogP contribution is 2.41. The van der Waals surface area contributed by atoms with Crippen LogP contribution in [-0.4, -0.2) is 54.8 Å². The van der Waals surface area contributed by atoms with Crippen LogP contribution >= 0.6 is 11.8 Å². The summed E-state index contributed by atoms with van der Waals surface area (Å²) in [6.45, 7) is 0. The minimum Gasteiger partial charge on any atom is -0.477 e. The lowest BCUT2D eigenvalue weighted by Crippen LogP contribution is -2.70. The Morgan fingerprint density at radius 1 is 1.11 bits per heavy atom. The number of allylic oxidation sites excluding steroid dienone is 1. The number of rotatable bonds is 8. The molecule has 0 aromatic heterocycles. The highest BCUT2D eigenvalue weighted by Gasteiger charge is 2.53. The fraction of sp³-hybridized carbons (Fsp3) is 0.174. The van der Waals surface area contributed by atoms with Crippen LogP contribution in [-0.2, 0) is 20.8 Å². The summed E-state index contributed by atoms with van der Waals surface area (Å²) in [5.74, 6) is -2.13. The van der Waals surface area contributed by atoms with Crippen LogP contribution in [0.25, 0.3) is 6.08 Å². The standard InChI is InChI=1S/C23H18N4O8S/c28-18(10-13-4-2-1-3-5-13)24-19-21(29)25-20(23(30)31)15(12-36-22(19)25)7-6-14-8-9-16(26(32)33)11-17(14)27(34)35/h1-9,11,19,22H,10,12H2,(H,24,28)(H,30,31)/b7-6+/t19-,22-/m1/s1. The van der Waals surface area contributed by atoms with E-state index in [1.807, 2.05) is 6.07 Å². The molecule has 0 spiro atoms. The zero-order valence-electron chi connectivity index (χ0n) is 18.4. The predicted molar refractivity (Wildman–Crippen MR) is 129 cm³/mol. The van der Waals surface area contributed by atoms with Gasteiger partial charge in [0, 0.05) is 11.8 Å². The van der Waals surface area contributed by atoms with Gasteiger partial charge in [-0.2, -0.15) is 0 Å². The number of nitrogens with one attached hydrogen (secondary N) is 1. The van der Waals surface area contributed by atoms with Crippen molar-refractivity contribution >= 4 is 47.0 Å². The summed E-state index contributed by atoms with van der Waals surface area (Å²) in [6, 6.07) is 11.2. The second kappa shape index (κ2) is 10.00. The lowest BCUT2D eigenvalue weighted by molar-refractivity contribution is -0.394. The van der Waals surface area contributed by atoms with Crippen LogP contribution in [0.1, 0.15) is 11.1 Å². The zero-order chi connectivity index (χ0) is 26.0. The smallest absolute Gasteiger partial charge is 0.352 e. The maximum atomic E-state index is 12.8. The van der Waals surface area contributed by atoms with Crippen molar-refractivity contribution in [1.82, 2.24) is 10.2 Å². The quantitative estimate of drug-likeness (QED) is 0.307. The van der Waals surface area contributed by atoms with E-state index in [2.05, 4.69) is 5.32 Å². The number of hydrogen-bond donors (Lipinski definition) is 2. The van der Waals surface area contributed by atoms with Gasteiger partial charge in [-0.05, 0) is 23.3 Å². The SMILES string of the molecule is O=C(Cc1ccccc1)N[C@@H]1C(=O)N2C(C(=O)O)=C(/C=C/c3ccc([N+](=O)[O-])cc3[N+](=O)[O-])CS[C@H]12. The topological polar surface area (TPSA) is 173 Å². The lowest BCUT2D eigenvalue weighted by atomic mass is 10.0. The Morgan fingerprint density at radius 3 is 2.47 bits per heavy atom. The average molecular weight is 510 g/mol. The summed E-state index contributed by atoms with van der Waals surface area (Å²) >= 11 is 1.25. The maximum Gasteiger partial charge on any atom is 0.352 e. The molecule has 0 bridgehead atoms. The largest absolute Gasteiger partial charge is 0.477 e. The van der Waals surface area contributed by atoms with Crippen molar-refractivity contribution in [1.29, 1.82) is 0 Å². The van der Waals surface area contributed by atoms with Gasteiger partial charge in [0.05, 0.1) is 27.9 Å². The van der Waals surface area contributed by atoms with Crippen molar-refractivity contribution < 1.29 is 29.3 Å². The molecule has 36 heavy (non-hydrogen) atoms. The van der Waals surface area contributed by atoms with Crippen molar-refractivity contribution in [2.45, 2.75) is 17.8 Å². The Morgan fingerprint density at radius 2 is 1.83 bits per heavy atom. The summed E-state index contributed by atoms with van der Waals surface area (Å²) < 4.78 is 0. The molecular formula is C23H18N4O8S. The Kier molecular flexibility index (Phi) is 6.83. The number of β-lactam (4-membered cyclic amide) rings is 1. The number of non-ortho nitro benzene ring substituents is 1. The summed E-state index contributed by atoms with van der Waals surface area (Å²) in [6.07, 6.45) is 2.70. The highest BCUT2D eigenvalue weighted by atomic mass is 32.2. The van der Waals surface area contributed by atoms with Crippen LogP contribution in [0.5, 0.6) is 0 Å². The van der Waals surface area contributed by atoms with Gasteiger partial charge in [-0.25, -0.2) is 4.79 Å². The molecule has 0 radical (unpaired) electrons. The van der Waals surface area contributed by atoms with E-state index < -0.39 is 44.5 Å². The van der Waals surface area contributed by atoms with Gasteiger partial charge in [-0.3, -0.25) is 34.7 Å². The van der Waals surface area contributed by atoms with Gasteiger partial charge >= 0.3 is 5.97 Å². The first kappa shape index (κ1) is 24.6. The molecule has 2 amide bonds. The van der Waals surface area contributed by atoms with Gasteiger partial charge in [0.25, 0.3) is 17.3 Å². The number of hydrogen-bond acceptors (Lipinski definition) is 8. The van der Waals surface area contributed by atoms with Gasteiger partial charge < -0.3 is 10.4 Å². The molecule has 2 atom stereocenters. The van der Waals surface area contributed by atoms with E-state index in [0.29, 0.717) is 0 Å². The summed E-state index contributed by atoms with van der Waals surface area (Å²) in [5.41, 5.74) is -0.200. The number of benzene rings is 2. The molecule has 13 heteroatoms. The van der Waals surface area contributed by atoms with Crippen molar-refractivity contribution in [3.63, 3.8) is 0 Å². The Balaban J connectivity index is 1.54. The number of carboxylic acids is 1. The minimum atomic E-state index is -1.36. The number of amides is 2.